The number of fused-ring (bicyclic) bond motifs is 1. The highest BCUT2D eigenvalue weighted by Crippen LogP contribution is 2.34. The molecule has 1 aliphatic rings. The summed E-state index contributed by atoms with van der Waals surface area (Å²) in [7, 11) is 1.51. The van der Waals surface area contributed by atoms with Gasteiger partial charge in [0.25, 0.3) is 5.91 Å². The zero-order chi connectivity index (χ0) is 30.6. The van der Waals surface area contributed by atoms with Gasteiger partial charge in [-0.3, -0.25) is 13.9 Å². The van der Waals surface area contributed by atoms with Crippen molar-refractivity contribution in [3.8, 4) is 11.3 Å². The van der Waals surface area contributed by atoms with Gasteiger partial charge in [-0.05, 0) is 63.1 Å². The van der Waals surface area contributed by atoms with E-state index in [1.54, 1.807) is 11.0 Å². The van der Waals surface area contributed by atoms with Crippen molar-refractivity contribution < 1.29 is 31.9 Å². The number of nitrogens with one attached hydrogen (secondary N) is 1. The third-order valence-electron chi connectivity index (χ3n) is 7.02. The van der Waals surface area contributed by atoms with Crippen molar-refractivity contribution in [1.29, 1.82) is 0 Å². The first kappa shape index (κ1) is 31.5. The average Bonchev–Trinajstić information content (AvgIpc) is 3.32. The third kappa shape index (κ3) is 7.51. The lowest BCUT2D eigenvalue weighted by atomic mass is 10.0. The number of hydrogen-bond acceptors (Lipinski definition) is 8. The second-order valence-electron chi connectivity index (χ2n) is 11.1. The fraction of sp³-hybridized carbons (Fsp3) is 0.483. The van der Waals surface area contributed by atoms with Crippen molar-refractivity contribution in [1.82, 2.24) is 24.4 Å². The van der Waals surface area contributed by atoms with Crippen LogP contribution < -0.4 is 5.32 Å². The zero-order valence-corrected chi connectivity index (χ0v) is 25.4. The lowest BCUT2D eigenvalue weighted by Gasteiger charge is -2.36. The van der Waals surface area contributed by atoms with Crippen LogP contribution in [0.1, 0.15) is 49.3 Å². The number of benzene rings is 1. The molecule has 2 aromatic heterocycles. The van der Waals surface area contributed by atoms with E-state index in [0.717, 1.165) is 5.56 Å². The summed E-state index contributed by atoms with van der Waals surface area (Å²) < 4.78 is 50.8. The maximum atomic E-state index is 13.6. The molecule has 228 valence electrons. The standard InChI is InChI=1S/C29H38FN5O6S/c1-6-19-17-22-24(26(36)31-5)25(20-7-9-21(30)10-8-20)40-27(22)32-23(19)18-35(42(38)39)16-13-33-11-14-34(15-12-33)28(37)41-29(2,3)4/h7-10,17H,6,11-16,18H2,1-5H3,(H,31,36)(H,38,39)/p-1. The zero-order valence-electron chi connectivity index (χ0n) is 24.6. The fourth-order valence-corrected chi connectivity index (χ4v) is 5.26. The maximum absolute atomic E-state index is 13.6. The molecule has 0 aliphatic carbocycles. The molecule has 0 saturated carbocycles. The van der Waals surface area contributed by atoms with Crippen LogP contribution in [0.4, 0.5) is 9.18 Å². The number of aromatic nitrogens is 1. The van der Waals surface area contributed by atoms with Crippen LogP contribution in [-0.4, -0.2) is 91.8 Å². The summed E-state index contributed by atoms with van der Waals surface area (Å²) in [5.41, 5.74) is 1.72. The topological polar surface area (TPSA) is 131 Å². The number of hydrogen-bond donors (Lipinski definition) is 1. The molecule has 11 nitrogen and oxygen atoms in total. The second-order valence-corrected chi connectivity index (χ2v) is 12.0. The number of carbonyl (C=O) groups is 2. The van der Waals surface area contributed by atoms with Gasteiger partial charge in [-0.15, -0.1) is 0 Å². The summed E-state index contributed by atoms with van der Waals surface area (Å²) >= 11 is -2.52. The smallest absolute Gasteiger partial charge is 0.410 e. The van der Waals surface area contributed by atoms with Crippen LogP contribution in [0, 0.1) is 5.82 Å². The largest absolute Gasteiger partial charge is 0.760 e. The number of piperazine rings is 1. The van der Waals surface area contributed by atoms with E-state index in [4.69, 9.17) is 9.15 Å². The van der Waals surface area contributed by atoms with Gasteiger partial charge in [0, 0.05) is 63.1 Å². The molecule has 0 spiro atoms. The van der Waals surface area contributed by atoms with Crippen LogP contribution in [-0.2, 0) is 29.0 Å². The summed E-state index contributed by atoms with van der Waals surface area (Å²) in [6.45, 7) is 10.3. The molecule has 3 heterocycles. The fourth-order valence-electron chi connectivity index (χ4n) is 4.81. The van der Waals surface area contributed by atoms with E-state index >= 15 is 0 Å². The molecule has 4 rings (SSSR count). The van der Waals surface area contributed by atoms with E-state index in [0.29, 0.717) is 55.8 Å². The molecule has 13 heteroatoms. The van der Waals surface area contributed by atoms with Gasteiger partial charge in [0.15, 0.2) is 0 Å². The molecule has 1 aliphatic heterocycles. The molecule has 1 aromatic carbocycles. The predicted molar refractivity (Wildman–Crippen MR) is 156 cm³/mol. The van der Waals surface area contributed by atoms with Crippen molar-refractivity contribution >= 4 is 34.4 Å². The summed E-state index contributed by atoms with van der Waals surface area (Å²) in [6.07, 6.45) is 0.201. The number of ether oxygens (including phenoxy) is 1. The van der Waals surface area contributed by atoms with E-state index in [2.05, 4.69) is 15.2 Å². The Labute approximate surface area is 247 Å². The van der Waals surface area contributed by atoms with Crippen molar-refractivity contribution in [2.75, 3.05) is 46.3 Å². The Balaban J connectivity index is 1.51. The minimum Gasteiger partial charge on any atom is -0.760 e. The molecule has 42 heavy (non-hydrogen) atoms. The minimum atomic E-state index is -2.52. The van der Waals surface area contributed by atoms with Gasteiger partial charge in [-0.25, -0.2) is 18.5 Å². The summed E-state index contributed by atoms with van der Waals surface area (Å²) in [5.74, 6) is -0.537. The van der Waals surface area contributed by atoms with Crippen LogP contribution in [0.3, 0.4) is 0 Å². The van der Waals surface area contributed by atoms with Crippen molar-refractivity contribution in [2.24, 2.45) is 0 Å². The van der Waals surface area contributed by atoms with Gasteiger partial charge in [0.05, 0.1) is 23.2 Å². The Morgan fingerprint density at radius 2 is 1.86 bits per heavy atom. The summed E-state index contributed by atoms with van der Waals surface area (Å²) in [5, 5.41) is 3.12. The molecule has 0 radical (unpaired) electrons. The van der Waals surface area contributed by atoms with Crippen LogP contribution in [0.25, 0.3) is 22.4 Å². The minimum absolute atomic E-state index is 0.0228. The van der Waals surface area contributed by atoms with Gasteiger partial charge in [-0.1, -0.05) is 6.92 Å². The number of pyridine rings is 1. The first-order chi connectivity index (χ1) is 19.9. The Morgan fingerprint density at radius 3 is 2.43 bits per heavy atom. The molecular weight excluding hydrogens is 565 g/mol. The van der Waals surface area contributed by atoms with E-state index < -0.39 is 22.7 Å². The number of rotatable bonds is 9. The lowest BCUT2D eigenvalue weighted by Crippen LogP contribution is -2.51. The Bertz CT molecular complexity index is 1450. The van der Waals surface area contributed by atoms with E-state index in [1.165, 1.54) is 35.6 Å². The second kappa shape index (κ2) is 13.3. The van der Waals surface area contributed by atoms with Crippen LogP contribution in [0.2, 0.25) is 0 Å². The number of nitrogens with zero attached hydrogens (tertiary/aromatic N) is 4. The van der Waals surface area contributed by atoms with Gasteiger partial charge >= 0.3 is 6.09 Å². The molecule has 1 saturated heterocycles. The molecule has 3 aromatic rings. The molecule has 1 unspecified atom stereocenters. The first-order valence-corrected chi connectivity index (χ1v) is 14.9. The highest BCUT2D eigenvalue weighted by atomic mass is 32.2. The normalized spacial score (nSPS) is 15.3. The summed E-state index contributed by atoms with van der Waals surface area (Å²) in [4.78, 5) is 33.6. The quantitative estimate of drug-likeness (QED) is 0.367. The molecule has 2 amide bonds. The monoisotopic (exact) mass is 602 g/mol. The van der Waals surface area contributed by atoms with Gasteiger partial charge in [-0.2, -0.15) is 0 Å². The molecule has 1 fully saturated rings. The van der Waals surface area contributed by atoms with Crippen molar-refractivity contribution in [3.05, 3.63) is 53.0 Å². The lowest BCUT2D eigenvalue weighted by molar-refractivity contribution is 0.0143. The molecule has 1 N–H and O–H groups in total. The molecule has 1 atom stereocenters. The molecule has 0 bridgehead atoms. The maximum Gasteiger partial charge on any atom is 0.410 e. The van der Waals surface area contributed by atoms with Gasteiger partial charge < -0.3 is 23.9 Å². The number of aryl methyl sites for hydroxylation is 1. The molecular formula is C29H37FN5O6S-. The highest BCUT2D eigenvalue weighted by molar-refractivity contribution is 7.76. The number of carbonyl (C=O) groups excluding carboxylic acids is 2. The average molecular weight is 603 g/mol. The first-order valence-electron chi connectivity index (χ1n) is 13.9. The number of furan rings is 1. The van der Waals surface area contributed by atoms with Gasteiger partial charge in [0.1, 0.15) is 17.2 Å². The van der Waals surface area contributed by atoms with Crippen LogP contribution in [0.15, 0.2) is 34.7 Å². The van der Waals surface area contributed by atoms with Crippen LogP contribution in [0.5, 0.6) is 0 Å². The highest BCUT2D eigenvalue weighted by Gasteiger charge is 2.27. The van der Waals surface area contributed by atoms with Crippen molar-refractivity contribution in [2.45, 2.75) is 46.3 Å². The van der Waals surface area contributed by atoms with E-state index in [1.807, 2.05) is 27.7 Å². The SMILES string of the molecule is CCc1cc2c(C(=O)NC)c(-c3ccc(F)cc3)oc2nc1CN(CCN1CCN(C(=O)OC(C)(C)C)CC1)S(=O)[O-]. The predicted octanol–water partition coefficient (Wildman–Crippen LogP) is 3.70. The van der Waals surface area contributed by atoms with E-state index in [-0.39, 0.29) is 42.1 Å². The van der Waals surface area contributed by atoms with E-state index in [9.17, 15) is 22.7 Å². The third-order valence-corrected chi connectivity index (χ3v) is 7.75. The van der Waals surface area contributed by atoms with Crippen molar-refractivity contribution in [3.63, 3.8) is 0 Å². The Morgan fingerprint density at radius 1 is 1.19 bits per heavy atom. The Hall–Kier alpha value is -3.39. The Kier molecular flexibility index (Phi) is 9.97. The number of amides is 2. The number of halogens is 1. The summed E-state index contributed by atoms with van der Waals surface area (Å²) in [6, 6.07) is 7.42. The van der Waals surface area contributed by atoms with Crippen LogP contribution >= 0.6 is 0 Å². The van der Waals surface area contributed by atoms with Gasteiger partial charge in [0.2, 0.25) is 5.71 Å².